The van der Waals surface area contributed by atoms with Gasteiger partial charge in [0, 0.05) is 25.8 Å². The smallest absolute Gasteiger partial charge is 0.243 e. The van der Waals surface area contributed by atoms with Crippen LogP contribution in [0.15, 0.2) is 0 Å². The molecule has 2 aliphatic heterocycles. The van der Waals surface area contributed by atoms with E-state index < -0.39 is 0 Å². The van der Waals surface area contributed by atoms with Crippen LogP contribution in [0.5, 0.6) is 0 Å². The number of amides is 2. The number of ether oxygens (including phenoxy) is 1. The lowest BCUT2D eigenvalue weighted by atomic mass is 10.2. The number of hydrogen-bond donors (Lipinski definition) is 1. The Hall–Kier alpha value is -0.750. The van der Waals surface area contributed by atoms with Gasteiger partial charge in [-0.15, -0.1) is 11.8 Å². The molecule has 0 aliphatic carbocycles. The van der Waals surface area contributed by atoms with E-state index >= 15 is 0 Å². The maximum absolute atomic E-state index is 12.0. The number of methoxy groups -OCH3 is 1. The molecule has 0 radical (unpaired) electrons. The first kappa shape index (κ1) is 12.7. The zero-order chi connectivity index (χ0) is 12.5. The predicted octanol–water partition coefficient (Wildman–Crippen LogP) is 0.203. The Balaban J connectivity index is 1.98. The summed E-state index contributed by atoms with van der Waals surface area (Å²) in [5, 5.41) is 2.80. The lowest BCUT2D eigenvalue weighted by Crippen LogP contribution is -2.50. The largest absolute Gasteiger partial charge is 0.383 e. The fourth-order valence-corrected chi connectivity index (χ4v) is 3.84. The minimum atomic E-state index is -0.308. The van der Waals surface area contributed by atoms with Crippen LogP contribution in [-0.4, -0.2) is 53.6 Å². The van der Waals surface area contributed by atoms with Crippen LogP contribution in [-0.2, 0) is 14.3 Å². The molecular formula is C11H18N2O3S. The Morgan fingerprint density at radius 1 is 1.71 bits per heavy atom. The quantitative estimate of drug-likeness (QED) is 0.732. The number of nitrogens with one attached hydrogen (secondary N) is 1. The summed E-state index contributed by atoms with van der Waals surface area (Å²) in [7, 11) is 1.60. The highest BCUT2D eigenvalue weighted by molar-refractivity contribution is 8.01. The van der Waals surface area contributed by atoms with Gasteiger partial charge in [-0.05, 0) is 13.3 Å². The van der Waals surface area contributed by atoms with Crippen LogP contribution < -0.4 is 5.32 Å². The first-order chi connectivity index (χ1) is 8.08. The van der Waals surface area contributed by atoms with Crippen LogP contribution in [0.3, 0.4) is 0 Å². The van der Waals surface area contributed by atoms with Crippen molar-refractivity contribution >= 4 is 23.6 Å². The summed E-state index contributed by atoms with van der Waals surface area (Å²) in [5.74, 6) is 0.735. The van der Waals surface area contributed by atoms with Gasteiger partial charge in [-0.25, -0.2) is 0 Å². The van der Waals surface area contributed by atoms with Crippen LogP contribution in [0.2, 0.25) is 0 Å². The molecule has 0 spiro atoms. The first-order valence-electron chi connectivity index (χ1n) is 5.81. The number of hydrogen-bond acceptors (Lipinski definition) is 4. The van der Waals surface area contributed by atoms with Gasteiger partial charge in [-0.1, -0.05) is 0 Å². The van der Waals surface area contributed by atoms with E-state index in [-0.39, 0.29) is 22.7 Å². The molecule has 0 saturated carbocycles. The molecule has 0 aromatic carbocycles. The Morgan fingerprint density at radius 2 is 2.47 bits per heavy atom. The summed E-state index contributed by atoms with van der Waals surface area (Å²) in [6.45, 7) is 3.04. The van der Waals surface area contributed by atoms with Gasteiger partial charge in [0.1, 0.15) is 6.04 Å². The summed E-state index contributed by atoms with van der Waals surface area (Å²) in [5.41, 5.74) is 0. The van der Waals surface area contributed by atoms with E-state index in [1.807, 2.05) is 6.92 Å². The molecule has 5 nitrogen and oxygen atoms in total. The van der Waals surface area contributed by atoms with Crippen LogP contribution in [0.25, 0.3) is 0 Å². The van der Waals surface area contributed by atoms with Gasteiger partial charge in [0.05, 0.1) is 11.5 Å². The average Bonchev–Trinajstić information content (AvgIpc) is 2.77. The van der Waals surface area contributed by atoms with Crippen LogP contribution in [0, 0.1) is 0 Å². The number of carbonyl (C=O) groups is 2. The highest BCUT2D eigenvalue weighted by Gasteiger charge is 2.52. The van der Waals surface area contributed by atoms with Gasteiger partial charge in [0.15, 0.2) is 0 Å². The highest BCUT2D eigenvalue weighted by atomic mass is 32.2. The van der Waals surface area contributed by atoms with Gasteiger partial charge in [-0.3, -0.25) is 9.59 Å². The monoisotopic (exact) mass is 258 g/mol. The van der Waals surface area contributed by atoms with Crippen molar-refractivity contribution in [3.8, 4) is 0 Å². The Bertz CT molecular complexity index is 337. The number of rotatable bonds is 4. The highest BCUT2D eigenvalue weighted by Crippen LogP contribution is 2.47. The maximum atomic E-state index is 12.0. The van der Waals surface area contributed by atoms with E-state index in [0.29, 0.717) is 25.3 Å². The second kappa shape index (κ2) is 4.86. The molecule has 6 heteroatoms. The van der Waals surface area contributed by atoms with Gasteiger partial charge < -0.3 is 15.0 Å². The molecule has 2 aliphatic rings. The van der Waals surface area contributed by atoms with E-state index in [1.165, 1.54) is 0 Å². The van der Waals surface area contributed by atoms with Gasteiger partial charge in [0.2, 0.25) is 11.8 Å². The first-order valence-corrected chi connectivity index (χ1v) is 6.80. The lowest BCUT2D eigenvalue weighted by Gasteiger charge is -2.29. The van der Waals surface area contributed by atoms with Crippen molar-refractivity contribution in [3.63, 3.8) is 0 Å². The molecule has 1 N–H and O–H groups in total. The van der Waals surface area contributed by atoms with E-state index in [1.54, 1.807) is 23.8 Å². The zero-order valence-corrected chi connectivity index (χ0v) is 11.0. The minimum Gasteiger partial charge on any atom is -0.383 e. The van der Waals surface area contributed by atoms with Gasteiger partial charge in [-0.2, -0.15) is 0 Å². The van der Waals surface area contributed by atoms with Crippen molar-refractivity contribution in [2.75, 3.05) is 26.0 Å². The molecule has 0 aromatic rings. The third kappa shape index (κ3) is 2.28. The van der Waals surface area contributed by atoms with Crippen molar-refractivity contribution in [2.24, 2.45) is 0 Å². The normalized spacial score (nSPS) is 31.8. The second-order valence-electron chi connectivity index (χ2n) is 4.55. The molecule has 2 fully saturated rings. The van der Waals surface area contributed by atoms with Crippen LogP contribution in [0.1, 0.15) is 19.8 Å². The minimum absolute atomic E-state index is 0.0616. The summed E-state index contributed by atoms with van der Waals surface area (Å²) in [6, 6.07) is -0.308. The SMILES string of the molecule is COCCNC(=O)[C@@H]1CS[C@@]2(C)CCC(=O)N12. The van der Waals surface area contributed by atoms with E-state index in [0.717, 1.165) is 6.42 Å². The van der Waals surface area contributed by atoms with E-state index in [4.69, 9.17) is 4.74 Å². The molecule has 2 rings (SSSR count). The number of fused-ring (bicyclic) bond motifs is 1. The van der Waals surface area contributed by atoms with Crippen LogP contribution >= 0.6 is 11.8 Å². The Kier molecular flexibility index (Phi) is 3.63. The molecule has 2 atom stereocenters. The topological polar surface area (TPSA) is 58.6 Å². The third-order valence-corrected chi connectivity index (χ3v) is 4.86. The molecular weight excluding hydrogens is 240 g/mol. The molecule has 96 valence electrons. The predicted molar refractivity (Wildman–Crippen MR) is 65.6 cm³/mol. The van der Waals surface area contributed by atoms with Crippen molar-refractivity contribution < 1.29 is 14.3 Å². The van der Waals surface area contributed by atoms with Gasteiger partial charge in [0.25, 0.3) is 0 Å². The number of nitrogens with zero attached hydrogens (tertiary/aromatic N) is 1. The van der Waals surface area contributed by atoms with Crippen molar-refractivity contribution in [2.45, 2.75) is 30.7 Å². The van der Waals surface area contributed by atoms with Gasteiger partial charge >= 0.3 is 0 Å². The molecule has 0 aromatic heterocycles. The van der Waals surface area contributed by atoms with Crippen molar-refractivity contribution in [3.05, 3.63) is 0 Å². The van der Waals surface area contributed by atoms with E-state index in [2.05, 4.69) is 5.32 Å². The number of thioether (sulfide) groups is 1. The Labute approximate surface area is 105 Å². The lowest BCUT2D eigenvalue weighted by molar-refractivity contribution is -0.138. The zero-order valence-electron chi connectivity index (χ0n) is 10.2. The molecule has 17 heavy (non-hydrogen) atoms. The van der Waals surface area contributed by atoms with Crippen LogP contribution in [0.4, 0.5) is 0 Å². The fraction of sp³-hybridized carbons (Fsp3) is 0.818. The molecule has 2 saturated heterocycles. The molecule has 0 unspecified atom stereocenters. The molecule has 0 bridgehead atoms. The van der Waals surface area contributed by atoms with Crippen molar-refractivity contribution in [1.29, 1.82) is 0 Å². The van der Waals surface area contributed by atoms with E-state index in [9.17, 15) is 9.59 Å². The summed E-state index contributed by atoms with van der Waals surface area (Å²) in [4.78, 5) is 25.4. The summed E-state index contributed by atoms with van der Waals surface area (Å²) >= 11 is 1.71. The molecule has 2 amide bonds. The Morgan fingerprint density at radius 3 is 3.18 bits per heavy atom. The average molecular weight is 258 g/mol. The van der Waals surface area contributed by atoms with Crippen molar-refractivity contribution in [1.82, 2.24) is 10.2 Å². The third-order valence-electron chi connectivity index (χ3n) is 3.35. The number of carbonyl (C=O) groups excluding carboxylic acids is 2. The summed E-state index contributed by atoms with van der Waals surface area (Å²) < 4.78 is 4.88. The fourth-order valence-electron chi connectivity index (χ4n) is 2.41. The molecule has 2 heterocycles. The standard InChI is InChI=1S/C11H18N2O3S/c1-11-4-3-9(14)13(11)8(7-17-11)10(15)12-5-6-16-2/h8H,3-7H2,1-2H3,(H,12,15)/t8-,11-/m0/s1. The summed E-state index contributed by atoms with van der Waals surface area (Å²) in [6.07, 6.45) is 1.41. The maximum Gasteiger partial charge on any atom is 0.243 e. The second-order valence-corrected chi connectivity index (χ2v) is 6.05.